The number of Topliss-reactive ketones (excluding diaryl/α,β-unsaturated/α-hetero) is 2. The summed E-state index contributed by atoms with van der Waals surface area (Å²) in [6.07, 6.45) is 3.97. The number of hydrogen-bond acceptors (Lipinski definition) is 4. The minimum atomic E-state index is -0.333. The number of carbonyl (C=O) groups excluding carboxylic acids is 3. The van der Waals surface area contributed by atoms with Crippen molar-refractivity contribution >= 4 is 17.5 Å². The number of aryl methyl sites for hydroxylation is 2. The van der Waals surface area contributed by atoms with Crippen molar-refractivity contribution in [1.82, 2.24) is 4.57 Å². The normalized spacial score (nSPS) is 23.3. The van der Waals surface area contributed by atoms with Crippen LogP contribution in [-0.4, -0.2) is 28.7 Å². The second-order valence-corrected chi connectivity index (χ2v) is 8.88. The molecule has 1 heterocycles. The number of fused-ring (bicyclic) bond motifs is 2. The number of benzene rings is 1. The summed E-state index contributed by atoms with van der Waals surface area (Å²) in [7, 11) is 0. The first-order valence-corrected chi connectivity index (χ1v) is 10.8. The highest BCUT2D eigenvalue weighted by Gasteiger charge is 2.41. The number of aromatic nitrogens is 1. The van der Waals surface area contributed by atoms with E-state index < -0.39 is 0 Å². The number of ether oxygens (including phenoxy) is 1. The maximum Gasteiger partial charge on any atom is 0.309 e. The monoisotopic (exact) mass is 407 g/mol. The summed E-state index contributed by atoms with van der Waals surface area (Å²) in [6.45, 7) is 5.66. The molecule has 0 spiro atoms. The minimum absolute atomic E-state index is 0.000753. The van der Waals surface area contributed by atoms with Crippen LogP contribution in [0.2, 0.25) is 0 Å². The molecule has 5 nitrogen and oxygen atoms in total. The van der Waals surface area contributed by atoms with Gasteiger partial charge in [-0.05, 0) is 64.7 Å². The van der Waals surface area contributed by atoms with E-state index in [9.17, 15) is 14.4 Å². The molecule has 1 aromatic carbocycles. The van der Waals surface area contributed by atoms with Crippen molar-refractivity contribution in [3.05, 3.63) is 52.8 Å². The van der Waals surface area contributed by atoms with Gasteiger partial charge in [-0.25, -0.2) is 0 Å². The SMILES string of the molecule is Cc1ccc(-n2c(C)cc(C(=O)COC(=O)C3CC4CCCC(C3)C4=O)c2C)cc1. The summed E-state index contributed by atoms with van der Waals surface area (Å²) in [5.74, 6) is -0.462. The average Bonchev–Trinajstić information content (AvgIpc) is 3.00. The van der Waals surface area contributed by atoms with Crippen molar-refractivity contribution in [2.75, 3.05) is 6.61 Å². The van der Waals surface area contributed by atoms with Crippen LogP contribution in [0.25, 0.3) is 5.69 Å². The summed E-state index contributed by atoms with van der Waals surface area (Å²) in [4.78, 5) is 37.6. The van der Waals surface area contributed by atoms with Crippen molar-refractivity contribution in [1.29, 1.82) is 0 Å². The van der Waals surface area contributed by atoms with E-state index in [1.165, 1.54) is 5.56 Å². The third-order valence-corrected chi connectivity index (χ3v) is 6.75. The van der Waals surface area contributed by atoms with Crippen LogP contribution in [0.1, 0.15) is 59.4 Å². The lowest BCUT2D eigenvalue weighted by atomic mass is 9.67. The molecule has 0 aliphatic heterocycles. The van der Waals surface area contributed by atoms with Gasteiger partial charge in [-0.3, -0.25) is 14.4 Å². The van der Waals surface area contributed by atoms with Gasteiger partial charge in [0, 0.05) is 34.5 Å². The Kier molecular flexibility index (Phi) is 5.63. The Bertz CT molecular complexity index is 969. The van der Waals surface area contributed by atoms with Crippen LogP contribution in [0.5, 0.6) is 0 Å². The molecule has 30 heavy (non-hydrogen) atoms. The van der Waals surface area contributed by atoms with E-state index in [-0.39, 0.29) is 36.1 Å². The highest BCUT2D eigenvalue weighted by atomic mass is 16.5. The smallest absolute Gasteiger partial charge is 0.309 e. The lowest BCUT2D eigenvalue weighted by Crippen LogP contribution is -2.39. The topological polar surface area (TPSA) is 65.4 Å². The van der Waals surface area contributed by atoms with Gasteiger partial charge in [0.1, 0.15) is 5.78 Å². The molecule has 2 aliphatic carbocycles. The van der Waals surface area contributed by atoms with Crippen molar-refractivity contribution in [3.63, 3.8) is 0 Å². The van der Waals surface area contributed by atoms with Gasteiger partial charge in [0.15, 0.2) is 6.61 Å². The Labute approximate surface area is 177 Å². The largest absolute Gasteiger partial charge is 0.457 e. The number of nitrogens with zero attached hydrogens (tertiary/aromatic N) is 1. The van der Waals surface area contributed by atoms with E-state index in [4.69, 9.17) is 4.74 Å². The van der Waals surface area contributed by atoms with Gasteiger partial charge >= 0.3 is 5.97 Å². The standard InChI is InChI=1S/C25H29NO4/c1-15-7-9-21(10-8-15)26-16(2)11-22(17(26)3)23(27)14-30-25(29)20-12-18-5-4-6-19(13-20)24(18)28/h7-11,18-20H,4-6,12-14H2,1-3H3. The Hall–Kier alpha value is -2.69. The zero-order valence-electron chi connectivity index (χ0n) is 17.9. The zero-order valence-corrected chi connectivity index (χ0v) is 17.9. The average molecular weight is 408 g/mol. The van der Waals surface area contributed by atoms with Crippen molar-refractivity contribution in [3.8, 4) is 5.69 Å². The van der Waals surface area contributed by atoms with Gasteiger partial charge in [0.2, 0.25) is 5.78 Å². The van der Waals surface area contributed by atoms with Crippen molar-refractivity contribution < 1.29 is 19.1 Å². The Morgan fingerprint density at radius 3 is 2.30 bits per heavy atom. The summed E-state index contributed by atoms with van der Waals surface area (Å²) in [5.41, 5.74) is 4.57. The van der Waals surface area contributed by atoms with Crippen LogP contribution < -0.4 is 0 Å². The second-order valence-electron chi connectivity index (χ2n) is 8.88. The zero-order chi connectivity index (χ0) is 21.4. The predicted molar refractivity (Wildman–Crippen MR) is 114 cm³/mol. The summed E-state index contributed by atoms with van der Waals surface area (Å²) in [6, 6.07) is 10.0. The van der Waals surface area contributed by atoms with Crippen LogP contribution in [0.4, 0.5) is 0 Å². The molecule has 1 aromatic heterocycles. The number of ketones is 2. The Balaban J connectivity index is 1.42. The first-order valence-electron chi connectivity index (χ1n) is 10.8. The molecule has 2 atom stereocenters. The minimum Gasteiger partial charge on any atom is -0.457 e. The van der Waals surface area contributed by atoms with Crippen LogP contribution in [0, 0.1) is 38.5 Å². The first-order chi connectivity index (χ1) is 14.3. The molecule has 0 amide bonds. The van der Waals surface area contributed by atoms with Crippen molar-refractivity contribution in [2.24, 2.45) is 17.8 Å². The van der Waals surface area contributed by atoms with E-state index in [1.54, 1.807) is 0 Å². The molecule has 2 aromatic rings. The molecule has 2 aliphatic rings. The summed E-state index contributed by atoms with van der Waals surface area (Å²) >= 11 is 0. The third kappa shape index (κ3) is 3.85. The van der Waals surface area contributed by atoms with Crippen LogP contribution in [0.15, 0.2) is 30.3 Å². The summed E-state index contributed by atoms with van der Waals surface area (Å²) in [5, 5.41) is 0. The molecular weight excluding hydrogens is 378 g/mol. The highest BCUT2D eigenvalue weighted by Crippen LogP contribution is 2.40. The molecule has 2 bridgehead atoms. The molecule has 0 N–H and O–H groups in total. The maximum absolute atomic E-state index is 12.8. The molecular formula is C25H29NO4. The van der Waals surface area contributed by atoms with Gasteiger partial charge in [-0.2, -0.15) is 0 Å². The van der Waals surface area contributed by atoms with E-state index in [2.05, 4.69) is 0 Å². The van der Waals surface area contributed by atoms with Gasteiger partial charge in [-0.1, -0.05) is 24.1 Å². The lowest BCUT2D eigenvalue weighted by Gasteiger charge is -2.36. The van der Waals surface area contributed by atoms with Crippen LogP contribution >= 0.6 is 0 Å². The molecule has 2 fully saturated rings. The van der Waals surface area contributed by atoms with Crippen LogP contribution in [-0.2, 0) is 14.3 Å². The molecule has 2 saturated carbocycles. The fourth-order valence-electron chi connectivity index (χ4n) is 5.14. The van der Waals surface area contributed by atoms with Gasteiger partial charge in [0.05, 0.1) is 5.92 Å². The first kappa shape index (κ1) is 20.6. The quantitative estimate of drug-likeness (QED) is 0.540. The fraction of sp³-hybridized carbons (Fsp3) is 0.480. The van der Waals surface area contributed by atoms with Crippen molar-refractivity contribution in [2.45, 2.75) is 52.9 Å². The van der Waals surface area contributed by atoms with Gasteiger partial charge < -0.3 is 9.30 Å². The molecule has 2 unspecified atom stereocenters. The van der Waals surface area contributed by atoms with Gasteiger partial charge in [0.25, 0.3) is 0 Å². The second kappa shape index (κ2) is 8.21. The van der Waals surface area contributed by atoms with E-state index in [0.29, 0.717) is 24.2 Å². The van der Waals surface area contributed by atoms with Gasteiger partial charge in [-0.15, -0.1) is 0 Å². The number of esters is 1. The molecule has 158 valence electrons. The lowest BCUT2D eigenvalue weighted by molar-refractivity contribution is -0.152. The molecule has 4 rings (SSSR count). The number of hydrogen-bond donors (Lipinski definition) is 0. The molecule has 5 heteroatoms. The number of carbonyl (C=O) groups is 3. The fourth-order valence-corrected chi connectivity index (χ4v) is 5.14. The highest BCUT2D eigenvalue weighted by molar-refractivity contribution is 5.99. The molecule has 0 radical (unpaired) electrons. The summed E-state index contributed by atoms with van der Waals surface area (Å²) < 4.78 is 7.46. The molecule has 0 saturated heterocycles. The third-order valence-electron chi connectivity index (χ3n) is 6.75. The van der Waals surface area contributed by atoms with Crippen LogP contribution in [0.3, 0.4) is 0 Å². The maximum atomic E-state index is 12.8. The van der Waals surface area contributed by atoms with E-state index in [1.807, 2.05) is 55.7 Å². The number of rotatable bonds is 5. The Morgan fingerprint density at radius 2 is 1.67 bits per heavy atom. The van der Waals surface area contributed by atoms with E-state index >= 15 is 0 Å². The van der Waals surface area contributed by atoms with E-state index in [0.717, 1.165) is 36.3 Å². The Morgan fingerprint density at radius 1 is 1.03 bits per heavy atom. The predicted octanol–water partition coefficient (Wildman–Crippen LogP) is 4.52.